The van der Waals surface area contributed by atoms with Crippen LogP contribution in [0.1, 0.15) is 67.6 Å². The van der Waals surface area contributed by atoms with Gasteiger partial charge in [-0.2, -0.15) is 0 Å². The number of Topliss-reactive ketones (excluding diaryl/α,β-unsaturated/α-hetero) is 1. The zero-order chi connectivity index (χ0) is 48.1. The Morgan fingerprint density at radius 1 is 0.833 bits per heavy atom. The van der Waals surface area contributed by atoms with Crippen molar-refractivity contribution < 1.29 is 48.1 Å². The molecule has 4 bridgehead atoms. The van der Waals surface area contributed by atoms with Crippen LogP contribution in [0.4, 0.5) is 0 Å². The fraction of sp³-hybridized carbons (Fsp3) is 0.354. The minimum absolute atomic E-state index is 0.0633. The molecule has 9 N–H and O–H groups in total. The first-order chi connectivity index (χ1) is 31.5. The molecule has 0 saturated heterocycles. The lowest BCUT2D eigenvalue weighted by Crippen LogP contribution is -2.56. The predicted molar refractivity (Wildman–Crippen MR) is 248 cm³/mol. The van der Waals surface area contributed by atoms with Gasteiger partial charge in [0.05, 0.1) is 6.04 Å². The molecule has 5 atom stereocenters. The molecule has 0 aliphatic carbocycles. The number of aliphatic carboxylic acids is 1. The Morgan fingerprint density at radius 2 is 1.47 bits per heavy atom. The highest BCUT2D eigenvalue weighted by molar-refractivity contribution is 6.30. The first-order valence-electron chi connectivity index (χ1n) is 21.5. The van der Waals surface area contributed by atoms with Crippen molar-refractivity contribution in [1.82, 2.24) is 26.2 Å². The lowest BCUT2D eigenvalue weighted by atomic mass is 9.93. The number of halogens is 1. The highest BCUT2D eigenvalue weighted by Gasteiger charge is 2.36. The number of rotatable bonds is 18. The Kier molecular flexibility index (Phi) is 17.8. The average Bonchev–Trinajstić information content (AvgIpc) is 3.29. The van der Waals surface area contributed by atoms with Gasteiger partial charge in [0.1, 0.15) is 42.3 Å². The van der Waals surface area contributed by atoms with E-state index >= 15 is 0 Å². The SMILES string of the molecule is CC(=O)C(C)NC(=O)C1Cc2ccc(OCC(=O)O)c(c2)-c2cc(ccc2OCCN)C(N(C)C(=O)C(CCCCN)NC(=O)c2ccc(-c3ccc(Cl)cc3)cc2)C(=O)NC(C)C(=O)N1. The van der Waals surface area contributed by atoms with Crippen LogP contribution >= 0.6 is 11.6 Å². The minimum Gasteiger partial charge on any atom is -0.492 e. The maximum atomic E-state index is 14.8. The van der Waals surface area contributed by atoms with Gasteiger partial charge in [-0.1, -0.05) is 48.0 Å². The number of hydrogen-bond donors (Lipinski definition) is 7. The number of nitrogens with one attached hydrogen (secondary N) is 4. The molecule has 0 aromatic heterocycles. The van der Waals surface area contributed by atoms with Crippen molar-refractivity contribution in [2.75, 3.05) is 33.4 Å². The number of benzene rings is 4. The second-order valence-corrected chi connectivity index (χ2v) is 16.4. The number of carbonyl (C=O) groups is 7. The number of nitrogens with zero attached hydrogens (tertiary/aromatic N) is 1. The molecule has 4 aromatic rings. The molecule has 1 aliphatic rings. The number of carboxylic acid groups (broad SMARTS) is 1. The van der Waals surface area contributed by atoms with Gasteiger partial charge in [0.2, 0.25) is 23.6 Å². The number of nitrogens with two attached hydrogens (primary N) is 2. The summed E-state index contributed by atoms with van der Waals surface area (Å²) in [6.07, 6.45) is 1.07. The molecule has 5 rings (SSSR count). The molecule has 0 saturated carbocycles. The molecule has 4 aromatic carbocycles. The maximum Gasteiger partial charge on any atom is 0.341 e. The number of likely N-dealkylation sites (N-methyl/N-ethyl adjacent to an activating group) is 1. The Balaban J connectivity index is 1.60. The monoisotopic (exact) mass is 925 g/mol. The Hall–Kier alpha value is -6.82. The summed E-state index contributed by atoms with van der Waals surface area (Å²) >= 11 is 6.06. The number of ether oxygens (including phenoxy) is 2. The van der Waals surface area contributed by atoms with Gasteiger partial charge in [0.15, 0.2) is 12.4 Å². The lowest BCUT2D eigenvalue weighted by Gasteiger charge is -2.33. The number of unbranched alkanes of at least 4 members (excludes halogenated alkanes) is 1. The summed E-state index contributed by atoms with van der Waals surface area (Å²) in [5.74, 6) is -4.60. The van der Waals surface area contributed by atoms with Crippen LogP contribution in [0, 0.1) is 0 Å². The van der Waals surface area contributed by atoms with Crippen LogP contribution in [0.3, 0.4) is 0 Å². The number of amides is 5. The quantitative estimate of drug-likeness (QED) is 0.0708. The molecular weight excluding hydrogens is 870 g/mol. The zero-order valence-electron chi connectivity index (χ0n) is 37.2. The Labute approximate surface area is 387 Å². The summed E-state index contributed by atoms with van der Waals surface area (Å²) in [7, 11) is 1.40. The van der Waals surface area contributed by atoms with Gasteiger partial charge >= 0.3 is 5.97 Å². The first-order valence-corrected chi connectivity index (χ1v) is 21.9. The van der Waals surface area contributed by atoms with E-state index in [2.05, 4.69) is 21.3 Å². The minimum atomic E-state index is -1.45. The first kappa shape index (κ1) is 50.2. The highest BCUT2D eigenvalue weighted by atomic mass is 35.5. The van der Waals surface area contributed by atoms with Crippen molar-refractivity contribution in [1.29, 1.82) is 0 Å². The van der Waals surface area contributed by atoms with E-state index < -0.39 is 72.3 Å². The van der Waals surface area contributed by atoms with Crippen LogP contribution in [0.2, 0.25) is 5.02 Å². The third kappa shape index (κ3) is 13.1. The normalized spacial score (nSPS) is 16.9. The predicted octanol–water partition coefficient (Wildman–Crippen LogP) is 3.54. The number of hydrogen-bond acceptors (Lipinski definition) is 11. The number of carboxylic acids is 1. The molecular formula is C48H56ClN7O10. The number of fused-ring (bicyclic) bond motifs is 5. The maximum absolute atomic E-state index is 14.8. The van der Waals surface area contributed by atoms with Crippen molar-refractivity contribution in [3.63, 3.8) is 0 Å². The van der Waals surface area contributed by atoms with Gasteiger partial charge in [0, 0.05) is 41.7 Å². The molecule has 0 spiro atoms. The van der Waals surface area contributed by atoms with Gasteiger partial charge in [0.25, 0.3) is 5.91 Å². The standard InChI is InChI=1S/C48H56ClN7O10/c1-27(29(3)57)52-46(62)39-24-30-8-18-41(66-26-42(58)59)36(23-30)37-25-34(15-19-40(37)65-22-21-51)43(47(63)53-28(2)44(60)55-39)56(4)48(64)38(7-5-6-20-50)54-45(61)33-11-9-31(10-12-33)32-13-16-35(49)17-14-32/h8-19,23,25,27-28,38-39,43H,5-7,20-22,24,26,50-51H2,1-4H3,(H,52,62)(H,53,63)(H,54,61)(H,55,60)(H,58,59). The molecule has 350 valence electrons. The van der Waals surface area contributed by atoms with Crippen LogP contribution in [0.15, 0.2) is 84.9 Å². The molecule has 1 aliphatic heterocycles. The Bertz CT molecular complexity index is 2410. The van der Waals surface area contributed by atoms with E-state index in [0.29, 0.717) is 35.5 Å². The number of carbonyl (C=O) groups excluding carboxylic acids is 6. The highest BCUT2D eigenvalue weighted by Crippen LogP contribution is 2.40. The lowest BCUT2D eigenvalue weighted by molar-refractivity contribution is -0.141. The van der Waals surface area contributed by atoms with Gasteiger partial charge in [-0.15, -0.1) is 0 Å². The van der Waals surface area contributed by atoms with E-state index in [9.17, 15) is 38.7 Å². The fourth-order valence-corrected chi connectivity index (χ4v) is 7.42. The molecule has 18 heteroatoms. The molecule has 0 fully saturated rings. The molecule has 0 radical (unpaired) electrons. The summed E-state index contributed by atoms with van der Waals surface area (Å²) in [6.45, 7) is 4.03. The smallest absolute Gasteiger partial charge is 0.341 e. The fourth-order valence-electron chi connectivity index (χ4n) is 7.29. The van der Waals surface area contributed by atoms with Crippen molar-refractivity contribution in [3.05, 3.63) is 107 Å². The van der Waals surface area contributed by atoms with E-state index in [4.69, 9.17) is 32.5 Å². The van der Waals surface area contributed by atoms with Gasteiger partial charge in [-0.05, 0) is 117 Å². The summed E-state index contributed by atoms with van der Waals surface area (Å²) < 4.78 is 11.8. The van der Waals surface area contributed by atoms with Crippen molar-refractivity contribution in [3.8, 4) is 33.8 Å². The van der Waals surface area contributed by atoms with Gasteiger partial charge < -0.3 is 52.2 Å². The summed E-state index contributed by atoms with van der Waals surface area (Å²) in [5.41, 5.74) is 15.0. The van der Waals surface area contributed by atoms with Gasteiger partial charge in [-0.3, -0.25) is 28.8 Å². The topological polar surface area (TPSA) is 262 Å². The van der Waals surface area contributed by atoms with E-state index in [1.807, 2.05) is 12.1 Å². The van der Waals surface area contributed by atoms with Crippen LogP contribution in [-0.4, -0.2) is 109 Å². The third-order valence-electron chi connectivity index (χ3n) is 11.0. The summed E-state index contributed by atoms with van der Waals surface area (Å²) in [4.78, 5) is 95.8. The van der Waals surface area contributed by atoms with Crippen molar-refractivity contribution >= 4 is 52.9 Å². The van der Waals surface area contributed by atoms with Crippen LogP contribution in [-0.2, 0) is 35.2 Å². The molecule has 1 heterocycles. The Morgan fingerprint density at radius 3 is 2.11 bits per heavy atom. The van der Waals surface area contributed by atoms with E-state index in [0.717, 1.165) is 11.1 Å². The van der Waals surface area contributed by atoms with E-state index in [-0.39, 0.29) is 60.0 Å². The number of ketones is 1. The average molecular weight is 926 g/mol. The molecule has 5 unspecified atom stereocenters. The van der Waals surface area contributed by atoms with E-state index in [1.54, 1.807) is 66.7 Å². The van der Waals surface area contributed by atoms with E-state index in [1.165, 1.54) is 38.8 Å². The summed E-state index contributed by atoms with van der Waals surface area (Å²) in [6, 6.07) is 17.6. The molecule has 5 amide bonds. The van der Waals surface area contributed by atoms with Crippen LogP contribution < -0.4 is 42.2 Å². The van der Waals surface area contributed by atoms with Crippen LogP contribution in [0.25, 0.3) is 22.3 Å². The summed E-state index contributed by atoms with van der Waals surface area (Å²) in [5, 5.41) is 21.0. The second kappa shape index (κ2) is 23.4. The second-order valence-electron chi connectivity index (χ2n) is 16.0. The molecule has 66 heavy (non-hydrogen) atoms. The third-order valence-corrected chi connectivity index (χ3v) is 11.3. The van der Waals surface area contributed by atoms with Crippen molar-refractivity contribution in [2.24, 2.45) is 11.5 Å². The van der Waals surface area contributed by atoms with Crippen molar-refractivity contribution in [2.45, 2.75) is 76.7 Å². The molecule has 17 nitrogen and oxygen atoms in total. The zero-order valence-corrected chi connectivity index (χ0v) is 38.0. The van der Waals surface area contributed by atoms with Gasteiger partial charge in [-0.25, -0.2) is 4.79 Å². The van der Waals surface area contributed by atoms with Crippen LogP contribution in [0.5, 0.6) is 11.5 Å². The largest absolute Gasteiger partial charge is 0.492 e.